The first-order valence-electron chi connectivity index (χ1n) is 4.22. The standard InChI is InChI=1S/C9H7F6NO/c10-7(8(11,12)13,9(14,15)16)5-1-3-6(17)4-2-5/h1-4,17H,16H2. The van der Waals surface area contributed by atoms with Crippen molar-refractivity contribution in [3.8, 4) is 5.75 Å². The van der Waals surface area contributed by atoms with Gasteiger partial charge in [0.1, 0.15) is 5.75 Å². The van der Waals surface area contributed by atoms with Gasteiger partial charge in [-0.15, -0.1) is 0 Å². The first-order chi connectivity index (χ1) is 7.50. The molecule has 96 valence electrons. The maximum absolute atomic E-state index is 13.6. The van der Waals surface area contributed by atoms with Crippen molar-refractivity contribution in [1.29, 1.82) is 0 Å². The lowest BCUT2D eigenvalue weighted by Gasteiger charge is -2.32. The van der Waals surface area contributed by atoms with E-state index in [0.717, 1.165) is 0 Å². The number of aromatic hydroxyl groups is 1. The topological polar surface area (TPSA) is 46.2 Å². The van der Waals surface area contributed by atoms with E-state index >= 15 is 0 Å². The Morgan fingerprint density at radius 3 is 1.59 bits per heavy atom. The molecule has 0 radical (unpaired) electrons. The molecule has 1 atom stereocenters. The number of phenolic OH excluding ortho intramolecular Hbond substituents is 1. The van der Waals surface area contributed by atoms with Crippen LogP contribution in [0.15, 0.2) is 24.3 Å². The normalized spacial score (nSPS) is 16.6. The highest BCUT2D eigenvalue weighted by atomic mass is 19.4. The van der Waals surface area contributed by atoms with Crippen LogP contribution in [0.4, 0.5) is 26.3 Å². The molecule has 0 saturated heterocycles. The molecule has 1 rings (SSSR count). The summed E-state index contributed by atoms with van der Waals surface area (Å²) in [5.41, 5.74) is -2.41. The summed E-state index contributed by atoms with van der Waals surface area (Å²) in [6.07, 6.45) is -5.89. The highest BCUT2D eigenvalue weighted by Crippen LogP contribution is 2.50. The second-order valence-electron chi connectivity index (χ2n) is 3.33. The van der Waals surface area contributed by atoms with Gasteiger partial charge >= 0.3 is 17.9 Å². The van der Waals surface area contributed by atoms with Crippen molar-refractivity contribution in [3.05, 3.63) is 29.8 Å². The average molecular weight is 259 g/mol. The molecule has 0 spiro atoms. The minimum atomic E-state index is -5.89. The third-order valence-corrected chi connectivity index (χ3v) is 2.12. The van der Waals surface area contributed by atoms with Crippen LogP contribution < -0.4 is 5.73 Å². The van der Waals surface area contributed by atoms with Gasteiger partial charge < -0.3 is 5.11 Å². The summed E-state index contributed by atoms with van der Waals surface area (Å²) >= 11 is 0. The van der Waals surface area contributed by atoms with Crippen LogP contribution in [-0.2, 0) is 5.67 Å². The summed E-state index contributed by atoms with van der Waals surface area (Å²) in [6, 6.07) is -3.04. The van der Waals surface area contributed by atoms with E-state index in [1.807, 2.05) is 0 Å². The van der Waals surface area contributed by atoms with Crippen molar-refractivity contribution < 1.29 is 31.4 Å². The molecule has 0 aliphatic rings. The zero-order valence-corrected chi connectivity index (χ0v) is 8.10. The molecule has 0 saturated carbocycles. The van der Waals surface area contributed by atoms with Gasteiger partial charge in [0.15, 0.2) is 0 Å². The lowest BCUT2D eigenvalue weighted by atomic mass is 9.92. The largest absolute Gasteiger partial charge is 0.508 e. The monoisotopic (exact) mass is 259 g/mol. The SMILES string of the molecule is NC(F)(F)C(F)(c1ccc(O)cc1)C(F)(F)F. The molecule has 1 aromatic carbocycles. The fourth-order valence-electron chi connectivity index (χ4n) is 1.24. The van der Waals surface area contributed by atoms with E-state index in [0.29, 0.717) is 24.3 Å². The van der Waals surface area contributed by atoms with Crippen LogP contribution in [0, 0.1) is 0 Å². The number of nitrogens with two attached hydrogens (primary N) is 1. The smallest absolute Gasteiger partial charge is 0.434 e. The molecule has 8 heteroatoms. The van der Waals surface area contributed by atoms with Crippen LogP contribution in [0.25, 0.3) is 0 Å². The minimum Gasteiger partial charge on any atom is -0.508 e. The fraction of sp³-hybridized carbons (Fsp3) is 0.333. The van der Waals surface area contributed by atoms with Crippen LogP contribution in [-0.4, -0.2) is 17.3 Å². The molecular weight excluding hydrogens is 252 g/mol. The van der Waals surface area contributed by atoms with Gasteiger partial charge in [-0.05, 0) is 12.1 Å². The Kier molecular flexibility index (Phi) is 3.04. The summed E-state index contributed by atoms with van der Waals surface area (Å²) in [5.74, 6) is -0.487. The molecule has 17 heavy (non-hydrogen) atoms. The molecule has 0 aliphatic heterocycles. The number of hydrogen-bond acceptors (Lipinski definition) is 2. The van der Waals surface area contributed by atoms with E-state index in [-0.39, 0.29) is 0 Å². The predicted octanol–water partition coefficient (Wildman–Crippen LogP) is 2.67. The molecule has 1 unspecified atom stereocenters. The molecule has 0 heterocycles. The number of benzene rings is 1. The zero-order chi connectivity index (χ0) is 13.5. The zero-order valence-electron chi connectivity index (χ0n) is 8.10. The Bertz CT molecular complexity index is 379. The lowest BCUT2D eigenvalue weighted by Crippen LogP contribution is -2.57. The van der Waals surface area contributed by atoms with Gasteiger partial charge in [-0.2, -0.15) is 22.0 Å². The molecule has 0 aromatic heterocycles. The van der Waals surface area contributed by atoms with Crippen LogP contribution in [0.5, 0.6) is 5.75 Å². The van der Waals surface area contributed by atoms with E-state index < -0.39 is 29.2 Å². The molecule has 0 amide bonds. The third kappa shape index (κ3) is 2.17. The predicted molar refractivity (Wildman–Crippen MR) is 46.1 cm³/mol. The Morgan fingerprint density at radius 2 is 1.29 bits per heavy atom. The molecular formula is C9H7F6NO. The van der Waals surface area contributed by atoms with Crippen molar-refractivity contribution in [3.63, 3.8) is 0 Å². The summed E-state index contributed by atoms with van der Waals surface area (Å²) in [4.78, 5) is 0. The van der Waals surface area contributed by atoms with Crippen LogP contribution in [0.3, 0.4) is 0 Å². The molecule has 3 N–H and O–H groups in total. The maximum atomic E-state index is 13.6. The van der Waals surface area contributed by atoms with Gasteiger partial charge in [0, 0.05) is 5.56 Å². The molecule has 0 bridgehead atoms. The molecule has 0 fully saturated rings. The van der Waals surface area contributed by atoms with Crippen molar-refractivity contribution in [2.24, 2.45) is 5.73 Å². The van der Waals surface area contributed by atoms with Crippen molar-refractivity contribution in [1.82, 2.24) is 0 Å². The number of hydrogen-bond donors (Lipinski definition) is 2. The van der Waals surface area contributed by atoms with Gasteiger partial charge in [-0.3, -0.25) is 5.73 Å². The van der Waals surface area contributed by atoms with Gasteiger partial charge in [0.25, 0.3) is 0 Å². The maximum Gasteiger partial charge on any atom is 0.434 e. The van der Waals surface area contributed by atoms with Crippen LogP contribution >= 0.6 is 0 Å². The number of rotatable bonds is 2. The number of phenols is 1. The highest BCUT2D eigenvalue weighted by Gasteiger charge is 2.70. The van der Waals surface area contributed by atoms with Gasteiger partial charge in [0.2, 0.25) is 0 Å². The highest BCUT2D eigenvalue weighted by molar-refractivity contribution is 5.32. The second kappa shape index (κ2) is 3.80. The second-order valence-corrected chi connectivity index (χ2v) is 3.33. The van der Waals surface area contributed by atoms with E-state index in [9.17, 15) is 26.3 Å². The van der Waals surface area contributed by atoms with Crippen molar-refractivity contribution in [2.45, 2.75) is 17.9 Å². The van der Waals surface area contributed by atoms with E-state index in [2.05, 4.69) is 5.73 Å². The Balaban J connectivity index is 3.41. The first kappa shape index (κ1) is 13.6. The molecule has 2 nitrogen and oxygen atoms in total. The van der Waals surface area contributed by atoms with Crippen LogP contribution in [0.1, 0.15) is 5.56 Å². The van der Waals surface area contributed by atoms with Crippen molar-refractivity contribution >= 4 is 0 Å². The van der Waals surface area contributed by atoms with E-state index in [4.69, 9.17) is 5.11 Å². The van der Waals surface area contributed by atoms with Gasteiger partial charge in [0.05, 0.1) is 0 Å². The Labute approximate surface area is 91.7 Å². The summed E-state index contributed by atoms with van der Waals surface area (Å²) < 4.78 is 76.1. The quantitative estimate of drug-likeness (QED) is 0.633. The van der Waals surface area contributed by atoms with Gasteiger partial charge in [-0.25, -0.2) is 4.39 Å². The number of halogens is 6. The Hall–Kier alpha value is -1.44. The molecule has 1 aromatic rings. The van der Waals surface area contributed by atoms with Crippen LogP contribution in [0.2, 0.25) is 0 Å². The third-order valence-electron chi connectivity index (χ3n) is 2.12. The number of alkyl halides is 6. The Morgan fingerprint density at radius 1 is 0.882 bits per heavy atom. The van der Waals surface area contributed by atoms with Crippen molar-refractivity contribution in [2.75, 3.05) is 0 Å². The minimum absolute atomic E-state index is 0.392. The van der Waals surface area contributed by atoms with E-state index in [1.54, 1.807) is 0 Å². The first-order valence-corrected chi connectivity index (χ1v) is 4.22. The average Bonchev–Trinajstić information content (AvgIpc) is 2.14. The van der Waals surface area contributed by atoms with E-state index in [1.165, 1.54) is 0 Å². The summed E-state index contributed by atoms with van der Waals surface area (Å²) in [5, 5.41) is 8.81. The molecule has 0 aliphatic carbocycles. The summed E-state index contributed by atoms with van der Waals surface area (Å²) in [7, 11) is 0. The fourth-order valence-corrected chi connectivity index (χ4v) is 1.24. The van der Waals surface area contributed by atoms with Gasteiger partial charge in [-0.1, -0.05) is 12.1 Å². The lowest BCUT2D eigenvalue weighted by molar-refractivity contribution is -0.308. The summed E-state index contributed by atoms with van der Waals surface area (Å²) in [6.45, 7) is 0.